The first-order valence-electron chi connectivity index (χ1n) is 8.48. The molecule has 0 spiro atoms. The minimum atomic E-state index is -4.75. The van der Waals surface area contributed by atoms with Gasteiger partial charge in [-0.15, -0.1) is 0 Å². The largest absolute Gasteiger partial charge is 0.456 e. The Bertz CT molecular complexity index is 1000. The van der Waals surface area contributed by atoms with E-state index in [9.17, 15) is 22.8 Å². The fourth-order valence-electron chi connectivity index (χ4n) is 2.34. The highest BCUT2D eigenvalue weighted by molar-refractivity contribution is 6.32. The molecule has 0 heterocycles. The van der Waals surface area contributed by atoms with Crippen LogP contribution in [0.15, 0.2) is 53.3 Å². The molecular weight excluding hydrogens is 423 g/mol. The number of amides is 1. The Labute approximate surface area is 175 Å². The number of halogens is 4. The number of nitrogens with zero attached hydrogens (tertiary/aromatic N) is 1. The molecule has 10 heteroatoms. The lowest BCUT2D eigenvalue weighted by Crippen LogP contribution is -2.25. The Hall–Kier alpha value is -3.33. The monoisotopic (exact) mass is 439 g/mol. The molecule has 2 aromatic carbocycles. The second-order valence-electron chi connectivity index (χ2n) is 5.89. The van der Waals surface area contributed by atoms with Gasteiger partial charge in [-0.25, -0.2) is 0 Å². The van der Waals surface area contributed by atoms with Gasteiger partial charge in [-0.05, 0) is 30.7 Å². The van der Waals surface area contributed by atoms with Crippen LogP contribution in [0.25, 0.3) is 0 Å². The number of aldehydes is 1. The Morgan fingerprint density at radius 2 is 1.90 bits per heavy atom. The van der Waals surface area contributed by atoms with E-state index in [0.29, 0.717) is 17.9 Å². The van der Waals surface area contributed by atoms with Crippen molar-refractivity contribution in [2.45, 2.75) is 13.1 Å². The number of para-hydroxylation sites is 1. The zero-order chi connectivity index (χ0) is 22.3. The van der Waals surface area contributed by atoms with E-state index >= 15 is 0 Å². The van der Waals surface area contributed by atoms with E-state index in [4.69, 9.17) is 16.3 Å². The van der Waals surface area contributed by atoms with Crippen molar-refractivity contribution in [2.75, 3.05) is 7.05 Å². The third-order valence-corrected chi connectivity index (χ3v) is 4.08. The summed E-state index contributed by atoms with van der Waals surface area (Å²) in [6, 6.07) is 8.15. The first-order valence-corrected chi connectivity index (χ1v) is 8.86. The van der Waals surface area contributed by atoms with Crippen molar-refractivity contribution in [1.82, 2.24) is 10.7 Å². The normalized spacial score (nSPS) is 12.0. The summed E-state index contributed by atoms with van der Waals surface area (Å²) in [4.78, 5) is 23.5. The number of benzene rings is 2. The molecule has 0 saturated heterocycles. The van der Waals surface area contributed by atoms with E-state index in [1.807, 2.05) is 0 Å². The predicted molar refractivity (Wildman–Crippen MR) is 107 cm³/mol. The van der Waals surface area contributed by atoms with Gasteiger partial charge in [0.15, 0.2) is 0 Å². The number of nitrogens with one attached hydrogen (secondary N) is 2. The fraction of sp³-hybridized carbons (Fsp3) is 0.150. The minimum Gasteiger partial charge on any atom is -0.456 e. The molecule has 0 aromatic heterocycles. The van der Waals surface area contributed by atoms with Crippen molar-refractivity contribution in [2.24, 2.45) is 5.10 Å². The maximum atomic E-state index is 13.3. The van der Waals surface area contributed by atoms with Crippen molar-refractivity contribution >= 4 is 30.0 Å². The van der Waals surface area contributed by atoms with Gasteiger partial charge in [-0.3, -0.25) is 9.59 Å². The molecule has 1 amide bonds. The van der Waals surface area contributed by atoms with Gasteiger partial charge in [0.25, 0.3) is 5.91 Å². The van der Waals surface area contributed by atoms with E-state index in [2.05, 4.69) is 15.8 Å². The highest BCUT2D eigenvalue weighted by Crippen LogP contribution is 2.40. The SMILES string of the molecule is CN/N=C\C(=C/C=O)NC(=O)c1cc(Cl)c(C(F)(F)F)cc1Oc1ccccc1C. The number of allylic oxidation sites excluding steroid dienone is 2. The summed E-state index contributed by atoms with van der Waals surface area (Å²) in [5, 5.41) is 5.39. The number of hydrogen-bond acceptors (Lipinski definition) is 5. The second-order valence-corrected chi connectivity index (χ2v) is 6.29. The number of rotatable bonds is 7. The summed E-state index contributed by atoms with van der Waals surface area (Å²) in [7, 11) is 1.50. The average molecular weight is 440 g/mol. The van der Waals surface area contributed by atoms with Gasteiger partial charge in [-0.2, -0.15) is 18.3 Å². The van der Waals surface area contributed by atoms with Crippen molar-refractivity contribution in [1.29, 1.82) is 0 Å². The molecule has 6 nitrogen and oxygen atoms in total. The van der Waals surface area contributed by atoms with Crippen molar-refractivity contribution < 1.29 is 27.5 Å². The van der Waals surface area contributed by atoms with E-state index < -0.39 is 22.7 Å². The van der Waals surface area contributed by atoms with Crippen LogP contribution in [0.5, 0.6) is 11.5 Å². The number of ether oxygens (including phenoxy) is 1. The Kier molecular flexibility index (Phi) is 7.60. The summed E-state index contributed by atoms with van der Waals surface area (Å²) in [5.41, 5.74) is 1.69. The van der Waals surface area contributed by atoms with Crippen molar-refractivity contribution in [3.05, 3.63) is 69.9 Å². The molecule has 0 unspecified atom stereocenters. The molecule has 0 aliphatic heterocycles. The molecule has 0 aliphatic rings. The lowest BCUT2D eigenvalue weighted by atomic mass is 10.1. The predicted octanol–water partition coefficient (Wildman–Crippen LogP) is 4.48. The van der Waals surface area contributed by atoms with Crippen LogP contribution in [-0.4, -0.2) is 25.5 Å². The molecule has 0 saturated carbocycles. The van der Waals surface area contributed by atoms with E-state index in [1.54, 1.807) is 31.2 Å². The zero-order valence-corrected chi connectivity index (χ0v) is 16.6. The molecule has 2 aromatic rings. The molecule has 2 N–H and O–H groups in total. The Balaban J connectivity index is 2.54. The topological polar surface area (TPSA) is 79.8 Å². The van der Waals surface area contributed by atoms with Crippen molar-refractivity contribution in [3.63, 3.8) is 0 Å². The molecule has 0 aliphatic carbocycles. The standard InChI is InChI=1S/C20H17ClF3N3O3/c1-12-5-3-4-6-17(12)30-18-10-15(20(22,23)24)16(21)9-14(18)19(29)27-13(7-8-28)11-26-25-2/h3-11,25H,1-2H3,(H,27,29)/b13-7+,26-11-. The molecular formula is C20H17ClF3N3O3. The van der Waals surface area contributed by atoms with Crippen LogP contribution in [0.1, 0.15) is 21.5 Å². The molecule has 0 fully saturated rings. The van der Waals surface area contributed by atoms with E-state index in [-0.39, 0.29) is 22.8 Å². The fourth-order valence-corrected chi connectivity index (χ4v) is 2.62. The summed E-state index contributed by atoms with van der Waals surface area (Å²) < 4.78 is 45.6. The van der Waals surface area contributed by atoms with Crippen LogP contribution >= 0.6 is 11.6 Å². The highest BCUT2D eigenvalue weighted by Gasteiger charge is 2.35. The number of carbonyl (C=O) groups excluding carboxylic acids is 2. The molecule has 0 radical (unpaired) electrons. The molecule has 158 valence electrons. The maximum Gasteiger partial charge on any atom is 0.417 e. The van der Waals surface area contributed by atoms with Gasteiger partial charge in [0.2, 0.25) is 0 Å². The molecule has 0 bridgehead atoms. The van der Waals surface area contributed by atoms with Gasteiger partial charge >= 0.3 is 6.18 Å². The first-order chi connectivity index (χ1) is 14.2. The smallest absolute Gasteiger partial charge is 0.417 e. The third kappa shape index (κ3) is 5.84. The van der Waals surface area contributed by atoms with Crippen LogP contribution in [0.2, 0.25) is 5.02 Å². The maximum absolute atomic E-state index is 13.3. The third-order valence-electron chi connectivity index (χ3n) is 3.77. The van der Waals surface area contributed by atoms with Crippen LogP contribution in [0.4, 0.5) is 13.2 Å². The van der Waals surface area contributed by atoms with Crippen LogP contribution in [0.3, 0.4) is 0 Å². The summed E-state index contributed by atoms with van der Waals surface area (Å²) in [6.07, 6.45) is -2.16. The molecule has 2 rings (SSSR count). The van der Waals surface area contributed by atoms with Gasteiger partial charge in [0.1, 0.15) is 17.8 Å². The second kappa shape index (κ2) is 9.93. The number of hydrogen-bond donors (Lipinski definition) is 2. The van der Waals surface area contributed by atoms with Gasteiger partial charge in [-0.1, -0.05) is 29.8 Å². The zero-order valence-electron chi connectivity index (χ0n) is 15.9. The van der Waals surface area contributed by atoms with E-state index in [1.165, 1.54) is 7.05 Å². The highest BCUT2D eigenvalue weighted by atomic mass is 35.5. The molecule has 30 heavy (non-hydrogen) atoms. The lowest BCUT2D eigenvalue weighted by molar-refractivity contribution is -0.137. The lowest BCUT2D eigenvalue weighted by Gasteiger charge is -2.17. The van der Waals surface area contributed by atoms with E-state index in [0.717, 1.165) is 18.4 Å². The summed E-state index contributed by atoms with van der Waals surface area (Å²) in [6.45, 7) is 1.70. The average Bonchev–Trinajstić information content (AvgIpc) is 2.68. The number of aryl methyl sites for hydroxylation is 1. The molecule has 0 atom stereocenters. The first kappa shape index (κ1) is 23.0. The minimum absolute atomic E-state index is 0.00205. The summed E-state index contributed by atoms with van der Waals surface area (Å²) >= 11 is 5.78. The number of carbonyl (C=O) groups is 2. The number of alkyl halides is 3. The van der Waals surface area contributed by atoms with Crippen LogP contribution in [0, 0.1) is 6.92 Å². The van der Waals surface area contributed by atoms with Crippen LogP contribution in [-0.2, 0) is 11.0 Å². The quantitative estimate of drug-likeness (QED) is 0.288. The van der Waals surface area contributed by atoms with Gasteiger partial charge in [0.05, 0.1) is 28.1 Å². The van der Waals surface area contributed by atoms with Gasteiger partial charge < -0.3 is 15.5 Å². The number of hydrazone groups is 1. The Morgan fingerprint density at radius 1 is 1.20 bits per heavy atom. The van der Waals surface area contributed by atoms with Crippen LogP contribution < -0.4 is 15.5 Å². The Morgan fingerprint density at radius 3 is 2.50 bits per heavy atom. The van der Waals surface area contributed by atoms with Crippen molar-refractivity contribution in [3.8, 4) is 11.5 Å². The van der Waals surface area contributed by atoms with Gasteiger partial charge in [0, 0.05) is 13.1 Å². The summed E-state index contributed by atoms with van der Waals surface area (Å²) in [5.74, 6) is -0.929.